The molecule has 0 aromatic heterocycles. The molecule has 2 rings (SSSR count). The molecule has 0 spiro atoms. The first kappa shape index (κ1) is 22.2. The number of hydrogen-bond donors (Lipinski definition) is 4. The highest BCUT2D eigenvalue weighted by Crippen LogP contribution is 2.44. The van der Waals surface area contributed by atoms with Crippen LogP contribution in [0.4, 0.5) is 0 Å². The van der Waals surface area contributed by atoms with Gasteiger partial charge in [-0.2, -0.15) is 0 Å². The van der Waals surface area contributed by atoms with Gasteiger partial charge in [-0.1, -0.05) is 42.5 Å². The average Bonchev–Trinajstić information content (AvgIpc) is 2.94. The number of Topliss-reactive ketones (excluding diaryl/α,β-unsaturated/α-hetero) is 3. The van der Waals surface area contributed by atoms with Gasteiger partial charge in [-0.15, -0.1) is 0 Å². The molecule has 1 aromatic carbocycles. The Hall–Kier alpha value is -3.25. The second-order valence-electron chi connectivity index (χ2n) is 7.92. The number of aliphatic hydroxyl groups is 2. The molecule has 11 nitrogen and oxygen atoms in total. The van der Waals surface area contributed by atoms with Gasteiger partial charge in [0.1, 0.15) is 18.8 Å². The van der Waals surface area contributed by atoms with Gasteiger partial charge in [-0.05, 0) is 26.3 Å². The molecule has 1 heterocycles. The molecule has 1 aromatic rings. The first-order valence-electron chi connectivity index (χ1n) is 13.0. The van der Waals surface area contributed by atoms with Crippen molar-refractivity contribution in [1.82, 2.24) is 5.32 Å². The Morgan fingerprint density at radius 2 is 1.77 bits per heavy atom. The van der Waals surface area contributed by atoms with Crippen molar-refractivity contribution in [2.75, 3.05) is 6.61 Å². The zero-order valence-corrected chi connectivity index (χ0v) is 18.6. The maximum absolute atomic E-state index is 13.1. The van der Waals surface area contributed by atoms with E-state index in [4.69, 9.17) is 15.0 Å². The van der Waals surface area contributed by atoms with E-state index in [1.54, 1.807) is 30.3 Å². The van der Waals surface area contributed by atoms with E-state index in [0.29, 0.717) is 5.56 Å². The number of aliphatic carboxylic acids is 1. The van der Waals surface area contributed by atoms with Crippen LogP contribution in [0.2, 0.25) is 0 Å². The van der Waals surface area contributed by atoms with Gasteiger partial charge in [-0.25, -0.2) is 0 Å². The minimum absolute atomic E-state index is 0.562. The Labute approximate surface area is 207 Å². The molecule has 35 heavy (non-hydrogen) atoms. The lowest BCUT2D eigenvalue weighted by molar-refractivity contribution is -0.287. The number of carbonyl (C=O) groups is 5. The van der Waals surface area contributed by atoms with Crippen LogP contribution < -0.4 is 5.32 Å². The van der Waals surface area contributed by atoms with Crippen LogP contribution in [-0.4, -0.2) is 80.3 Å². The zero-order chi connectivity index (χ0) is 29.4. The second kappa shape index (κ2) is 10.6. The van der Waals surface area contributed by atoms with Crippen molar-refractivity contribution in [3.63, 3.8) is 0 Å². The van der Waals surface area contributed by atoms with Crippen molar-refractivity contribution in [1.29, 1.82) is 0 Å². The molecule has 190 valence electrons. The third kappa shape index (κ3) is 5.54. The lowest BCUT2D eigenvalue weighted by Gasteiger charge is -2.54. The first-order chi connectivity index (χ1) is 18.3. The summed E-state index contributed by atoms with van der Waals surface area (Å²) in [6.07, 6.45) is -1.09. The van der Waals surface area contributed by atoms with Crippen molar-refractivity contribution < 1.29 is 54.2 Å². The molecule has 4 N–H and O–H groups in total. The molecule has 2 unspecified atom stereocenters. The number of esters is 1. The summed E-state index contributed by atoms with van der Waals surface area (Å²) in [7, 11) is 0. The summed E-state index contributed by atoms with van der Waals surface area (Å²) in [4.78, 5) is 62.5. The SMILES string of the molecule is [2H]CC(=O)OC[C@H]1OC(NC(/C=C/c2ccccc2)C(=O)O)(C(=O)C[2H])C[C@](O)(C(=O)C[2H])[C@@]1(O)C(=O)C[2H]. The van der Waals surface area contributed by atoms with Gasteiger partial charge >= 0.3 is 11.9 Å². The number of ether oxygens (including phenoxy) is 2. The van der Waals surface area contributed by atoms with Crippen molar-refractivity contribution in [2.24, 2.45) is 0 Å². The first-order valence-corrected chi connectivity index (χ1v) is 10.1. The predicted molar refractivity (Wildman–Crippen MR) is 121 cm³/mol. The molecule has 1 aliphatic rings. The van der Waals surface area contributed by atoms with Gasteiger partial charge in [0, 0.05) is 18.8 Å². The van der Waals surface area contributed by atoms with Crippen LogP contribution in [0.1, 0.15) is 45.1 Å². The molecule has 0 saturated carbocycles. The predicted octanol–water partition coefficient (Wildman–Crippen LogP) is 0.0201. The Bertz CT molecular complexity index is 1120. The molecule has 5 atom stereocenters. The van der Waals surface area contributed by atoms with Gasteiger partial charge < -0.3 is 24.8 Å². The number of rotatable bonds is 10. The molecule has 1 fully saturated rings. The fourth-order valence-electron chi connectivity index (χ4n) is 3.72. The zero-order valence-electron chi connectivity index (χ0n) is 22.6. The van der Waals surface area contributed by atoms with Gasteiger partial charge in [0.05, 0.1) is 0 Å². The minimum Gasteiger partial charge on any atom is -0.480 e. The number of carboxylic acid groups (broad SMARTS) is 1. The van der Waals surface area contributed by atoms with Crippen LogP contribution in [0.25, 0.3) is 6.08 Å². The smallest absolute Gasteiger partial charge is 0.324 e. The number of benzene rings is 1. The molecule has 0 radical (unpaired) electrons. The molecule has 1 aliphatic heterocycles. The summed E-state index contributed by atoms with van der Waals surface area (Å²) in [5.41, 5.74) is -8.79. The number of ketones is 3. The van der Waals surface area contributed by atoms with E-state index in [-0.39, 0.29) is 0 Å². The van der Waals surface area contributed by atoms with E-state index in [9.17, 15) is 39.3 Å². The van der Waals surface area contributed by atoms with E-state index in [1.807, 2.05) is 0 Å². The second-order valence-corrected chi connectivity index (χ2v) is 7.92. The number of carboxylic acids is 1. The van der Waals surface area contributed by atoms with Gasteiger partial charge in [0.15, 0.2) is 34.3 Å². The third-order valence-electron chi connectivity index (χ3n) is 5.61. The van der Waals surface area contributed by atoms with Crippen LogP contribution in [0.5, 0.6) is 0 Å². The Morgan fingerprint density at radius 1 is 1.11 bits per heavy atom. The lowest BCUT2D eigenvalue weighted by Crippen LogP contribution is -2.80. The maximum atomic E-state index is 13.1. The van der Waals surface area contributed by atoms with E-state index in [1.165, 1.54) is 6.08 Å². The summed E-state index contributed by atoms with van der Waals surface area (Å²) < 4.78 is 40.1. The van der Waals surface area contributed by atoms with Gasteiger partial charge in [-0.3, -0.25) is 29.3 Å². The van der Waals surface area contributed by atoms with Crippen molar-refractivity contribution >= 4 is 35.4 Å². The van der Waals surface area contributed by atoms with Crippen LogP contribution >= 0.6 is 0 Å². The summed E-state index contributed by atoms with van der Waals surface area (Å²) >= 11 is 0. The fraction of sp³-hybridized carbons (Fsp3) is 0.458. The van der Waals surface area contributed by atoms with Crippen LogP contribution in [0, 0.1) is 0 Å². The minimum atomic E-state index is -3.32. The maximum Gasteiger partial charge on any atom is 0.324 e. The molecule has 0 aliphatic carbocycles. The summed E-state index contributed by atoms with van der Waals surface area (Å²) in [6.45, 7) is -5.53. The standard InChI is InChI=1S/C24H29NO10/c1-14(26)22(32)13-23(15(2)27,35-20(12-34-17(4)29)24(22,33)16(3)28)25-19(21(30)31)11-10-18-8-6-5-7-9-18/h5-11,19-20,25,32-33H,12-13H2,1-4H3,(H,30,31)/b11-10+/t19?,20-,22+,23?,24-/m1/s1/i1D,2D,3D,4D. The summed E-state index contributed by atoms with van der Waals surface area (Å²) in [5.74, 6) is -6.93. The topological polar surface area (TPSA) is 177 Å². The van der Waals surface area contributed by atoms with Crippen LogP contribution in [0.3, 0.4) is 0 Å². The van der Waals surface area contributed by atoms with E-state index >= 15 is 0 Å². The molecule has 11 heteroatoms. The Kier molecular flexibility index (Phi) is 6.71. The lowest BCUT2D eigenvalue weighted by atomic mass is 9.67. The average molecular weight is 496 g/mol. The van der Waals surface area contributed by atoms with Crippen molar-refractivity contribution in [2.45, 2.75) is 63.1 Å². The highest BCUT2D eigenvalue weighted by atomic mass is 16.6. The van der Waals surface area contributed by atoms with Gasteiger partial charge in [0.25, 0.3) is 0 Å². The van der Waals surface area contributed by atoms with Crippen molar-refractivity contribution in [3.05, 3.63) is 42.0 Å². The fourth-order valence-corrected chi connectivity index (χ4v) is 3.72. The highest BCUT2D eigenvalue weighted by molar-refractivity contribution is 5.99. The molecule has 0 bridgehead atoms. The van der Waals surface area contributed by atoms with Gasteiger partial charge in [0.2, 0.25) is 0 Å². The van der Waals surface area contributed by atoms with Crippen LogP contribution in [-0.2, 0) is 33.4 Å². The number of hydrogen-bond acceptors (Lipinski definition) is 10. The van der Waals surface area contributed by atoms with Crippen LogP contribution in [0.15, 0.2) is 36.4 Å². The molecular formula is C24H29NO10. The highest BCUT2D eigenvalue weighted by Gasteiger charge is 2.70. The summed E-state index contributed by atoms with van der Waals surface area (Å²) in [6, 6.07) is 6.61. The third-order valence-corrected chi connectivity index (χ3v) is 5.61. The van der Waals surface area contributed by atoms with E-state index < -0.39 is 99.0 Å². The molecule has 1 saturated heterocycles. The van der Waals surface area contributed by atoms with E-state index in [2.05, 4.69) is 5.32 Å². The quantitative estimate of drug-likeness (QED) is 0.322. The normalized spacial score (nSPS) is 30.9. The molecular weight excluding hydrogens is 462 g/mol. The monoisotopic (exact) mass is 495 g/mol. The summed E-state index contributed by atoms with van der Waals surface area (Å²) in [5, 5.41) is 35.1. The Morgan fingerprint density at radius 3 is 2.34 bits per heavy atom. The number of carbonyl (C=O) groups excluding carboxylic acids is 4. The number of nitrogens with one attached hydrogen (secondary N) is 1. The largest absolute Gasteiger partial charge is 0.480 e. The van der Waals surface area contributed by atoms with E-state index in [0.717, 1.165) is 6.08 Å². The molecule has 0 amide bonds. The van der Waals surface area contributed by atoms with Crippen molar-refractivity contribution in [3.8, 4) is 0 Å². The Balaban J connectivity index is 2.71.